The number of hydrogen-bond acceptors (Lipinski definition) is 3. The number of para-hydroxylation sites is 1. The van der Waals surface area contributed by atoms with Crippen LogP contribution in [0.2, 0.25) is 0 Å². The van der Waals surface area contributed by atoms with Crippen LogP contribution in [0.15, 0.2) is 48.5 Å². The van der Waals surface area contributed by atoms with Crippen molar-refractivity contribution in [2.45, 2.75) is 12.3 Å². The Bertz CT molecular complexity index is 786. The molecule has 1 atom stereocenters. The summed E-state index contributed by atoms with van der Waals surface area (Å²) in [4.78, 5) is 26.0. The molecule has 0 spiro atoms. The lowest BCUT2D eigenvalue weighted by Crippen LogP contribution is -2.31. The van der Waals surface area contributed by atoms with Crippen molar-refractivity contribution in [2.24, 2.45) is 0 Å². The maximum atomic E-state index is 12.4. The predicted octanol–water partition coefficient (Wildman–Crippen LogP) is 2.22. The number of rotatable bonds is 5. The summed E-state index contributed by atoms with van der Waals surface area (Å²) in [6.45, 7) is 0.912. The van der Waals surface area contributed by atoms with Crippen LogP contribution in [0.4, 0.5) is 0 Å². The fourth-order valence-corrected chi connectivity index (χ4v) is 2.95. The number of amides is 2. The minimum atomic E-state index is -0.252. The number of nitrogens with zero attached hydrogens (tertiary/aromatic N) is 1. The summed E-state index contributed by atoms with van der Waals surface area (Å²) in [6.07, 6.45) is 0.676. The largest absolute Gasteiger partial charge is 0.492 e. The summed E-state index contributed by atoms with van der Waals surface area (Å²) in [7, 11) is 3.47. The summed E-state index contributed by atoms with van der Waals surface area (Å²) in [6, 6.07) is 15.2. The minimum Gasteiger partial charge on any atom is -0.492 e. The first-order valence-electron chi connectivity index (χ1n) is 8.36. The molecule has 2 aromatic carbocycles. The zero-order valence-corrected chi connectivity index (χ0v) is 14.5. The highest BCUT2D eigenvalue weighted by atomic mass is 16.5. The zero-order valence-electron chi connectivity index (χ0n) is 14.5. The topological polar surface area (TPSA) is 58.6 Å². The maximum Gasteiger partial charge on any atom is 0.253 e. The first-order valence-corrected chi connectivity index (χ1v) is 8.36. The van der Waals surface area contributed by atoms with E-state index in [1.54, 1.807) is 25.1 Å². The molecule has 0 radical (unpaired) electrons. The second-order valence-corrected chi connectivity index (χ2v) is 6.34. The molecule has 1 N–H and O–H groups in total. The molecule has 2 aromatic rings. The van der Waals surface area contributed by atoms with Gasteiger partial charge in [0.15, 0.2) is 0 Å². The van der Waals surface area contributed by atoms with Crippen molar-refractivity contribution in [1.82, 2.24) is 10.2 Å². The Labute approximate surface area is 147 Å². The van der Waals surface area contributed by atoms with Gasteiger partial charge >= 0.3 is 0 Å². The molecule has 1 heterocycles. The standard InChI is InChI=1S/C20H22N2O3/c1-22(2)20(24)15-7-5-6-14(12-15)10-11-21-19(23)17-13-25-18-9-4-3-8-16(17)18/h3-9,12,17H,10-11,13H2,1-2H3,(H,21,23)/t17-/m0/s1. The predicted molar refractivity (Wildman–Crippen MR) is 95.9 cm³/mol. The smallest absolute Gasteiger partial charge is 0.253 e. The van der Waals surface area contributed by atoms with Crippen molar-refractivity contribution in [3.05, 3.63) is 65.2 Å². The van der Waals surface area contributed by atoms with E-state index in [1.807, 2.05) is 42.5 Å². The summed E-state index contributed by atoms with van der Waals surface area (Å²) >= 11 is 0. The molecule has 5 heteroatoms. The van der Waals surface area contributed by atoms with Crippen molar-refractivity contribution in [1.29, 1.82) is 0 Å². The summed E-state index contributed by atoms with van der Waals surface area (Å²) in [5.41, 5.74) is 2.63. The lowest BCUT2D eigenvalue weighted by Gasteiger charge is -2.12. The molecule has 130 valence electrons. The minimum absolute atomic E-state index is 0.0226. The molecule has 3 rings (SSSR count). The number of benzene rings is 2. The Kier molecular flexibility index (Phi) is 5.03. The third-order valence-electron chi connectivity index (χ3n) is 4.31. The van der Waals surface area contributed by atoms with E-state index in [0.29, 0.717) is 25.1 Å². The first-order chi connectivity index (χ1) is 12.1. The van der Waals surface area contributed by atoms with Gasteiger partial charge in [0.25, 0.3) is 5.91 Å². The van der Waals surface area contributed by atoms with Gasteiger partial charge in [-0.05, 0) is 30.2 Å². The third-order valence-corrected chi connectivity index (χ3v) is 4.31. The summed E-state index contributed by atoms with van der Waals surface area (Å²) in [5, 5.41) is 2.97. The van der Waals surface area contributed by atoms with Crippen molar-refractivity contribution >= 4 is 11.8 Å². The number of nitrogens with one attached hydrogen (secondary N) is 1. The van der Waals surface area contributed by atoms with E-state index < -0.39 is 0 Å². The molecule has 1 aliphatic heterocycles. The molecule has 0 fully saturated rings. The summed E-state index contributed by atoms with van der Waals surface area (Å²) in [5.74, 6) is 0.492. The highest BCUT2D eigenvalue weighted by molar-refractivity contribution is 5.94. The van der Waals surface area contributed by atoms with Gasteiger partial charge in [0.1, 0.15) is 18.3 Å². The monoisotopic (exact) mass is 338 g/mol. The van der Waals surface area contributed by atoms with E-state index in [9.17, 15) is 9.59 Å². The van der Waals surface area contributed by atoms with Crippen molar-refractivity contribution in [2.75, 3.05) is 27.2 Å². The van der Waals surface area contributed by atoms with E-state index in [1.165, 1.54) is 0 Å². The highest BCUT2D eigenvalue weighted by Crippen LogP contribution is 2.33. The van der Waals surface area contributed by atoms with E-state index in [4.69, 9.17) is 4.74 Å². The number of fused-ring (bicyclic) bond motifs is 1. The Morgan fingerprint density at radius 1 is 1.16 bits per heavy atom. The molecule has 0 bridgehead atoms. The molecule has 0 saturated heterocycles. The Morgan fingerprint density at radius 2 is 1.96 bits per heavy atom. The molecular weight excluding hydrogens is 316 g/mol. The van der Waals surface area contributed by atoms with Crippen LogP contribution in [0.1, 0.15) is 27.4 Å². The lowest BCUT2D eigenvalue weighted by molar-refractivity contribution is -0.122. The number of ether oxygens (including phenoxy) is 1. The van der Waals surface area contributed by atoms with Crippen LogP contribution in [0.5, 0.6) is 5.75 Å². The molecule has 25 heavy (non-hydrogen) atoms. The summed E-state index contributed by atoms with van der Waals surface area (Å²) < 4.78 is 5.56. The van der Waals surface area contributed by atoms with Crippen LogP contribution in [0.3, 0.4) is 0 Å². The lowest BCUT2D eigenvalue weighted by atomic mass is 10.0. The van der Waals surface area contributed by atoms with Gasteiger partial charge in [-0.15, -0.1) is 0 Å². The fourth-order valence-electron chi connectivity index (χ4n) is 2.95. The molecule has 0 unspecified atom stereocenters. The van der Waals surface area contributed by atoms with Gasteiger partial charge in [0.2, 0.25) is 5.91 Å². The molecule has 2 amide bonds. The fraction of sp³-hybridized carbons (Fsp3) is 0.300. The average molecular weight is 338 g/mol. The molecule has 5 nitrogen and oxygen atoms in total. The van der Waals surface area contributed by atoms with Gasteiger partial charge in [0.05, 0.1) is 0 Å². The van der Waals surface area contributed by atoms with Crippen molar-refractivity contribution < 1.29 is 14.3 Å². The Balaban J connectivity index is 1.56. The van der Waals surface area contributed by atoms with E-state index in [-0.39, 0.29) is 17.7 Å². The molecule has 0 aromatic heterocycles. The van der Waals surface area contributed by atoms with Crippen LogP contribution >= 0.6 is 0 Å². The first kappa shape index (κ1) is 17.0. The number of carbonyl (C=O) groups excluding carboxylic acids is 2. The normalized spacial score (nSPS) is 15.2. The van der Waals surface area contributed by atoms with Crippen LogP contribution in [-0.2, 0) is 11.2 Å². The second-order valence-electron chi connectivity index (χ2n) is 6.34. The SMILES string of the molecule is CN(C)C(=O)c1cccc(CCNC(=O)[C@H]2COc3ccccc32)c1. The van der Waals surface area contributed by atoms with Gasteiger partial charge in [-0.1, -0.05) is 30.3 Å². The quantitative estimate of drug-likeness (QED) is 0.909. The van der Waals surface area contributed by atoms with Gasteiger partial charge in [-0.25, -0.2) is 0 Å². The second kappa shape index (κ2) is 7.38. The molecule has 1 aliphatic rings. The third kappa shape index (κ3) is 3.82. The average Bonchev–Trinajstić information content (AvgIpc) is 3.05. The van der Waals surface area contributed by atoms with Crippen LogP contribution < -0.4 is 10.1 Å². The van der Waals surface area contributed by atoms with Crippen LogP contribution in [0.25, 0.3) is 0 Å². The van der Waals surface area contributed by atoms with E-state index in [2.05, 4.69) is 5.32 Å². The Morgan fingerprint density at radius 3 is 2.76 bits per heavy atom. The van der Waals surface area contributed by atoms with Crippen molar-refractivity contribution in [3.8, 4) is 5.75 Å². The van der Waals surface area contributed by atoms with Gasteiger partial charge in [-0.2, -0.15) is 0 Å². The molecule has 0 saturated carbocycles. The molecular formula is C20H22N2O3. The van der Waals surface area contributed by atoms with Gasteiger partial charge in [0, 0.05) is 31.8 Å². The van der Waals surface area contributed by atoms with E-state index >= 15 is 0 Å². The number of hydrogen-bond donors (Lipinski definition) is 1. The number of carbonyl (C=O) groups is 2. The van der Waals surface area contributed by atoms with Crippen LogP contribution in [0, 0.1) is 0 Å². The van der Waals surface area contributed by atoms with Gasteiger partial charge in [-0.3, -0.25) is 9.59 Å². The van der Waals surface area contributed by atoms with E-state index in [0.717, 1.165) is 16.9 Å². The zero-order chi connectivity index (χ0) is 17.8. The van der Waals surface area contributed by atoms with Crippen LogP contribution in [-0.4, -0.2) is 44.0 Å². The maximum absolute atomic E-state index is 12.4. The molecule has 0 aliphatic carbocycles. The Hall–Kier alpha value is -2.82. The van der Waals surface area contributed by atoms with Crippen molar-refractivity contribution in [3.63, 3.8) is 0 Å². The highest BCUT2D eigenvalue weighted by Gasteiger charge is 2.29. The van der Waals surface area contributed by atoms with Gasteiger partial charge < -0.3 is 15.0 Å².